The lowest BCUT2D eigenvalue weighted by atomic mass is 10.1. The van der Waals surface area contributed by atoms with E-state index in [1.54, 1.807) is 43.3 Å². The fourth-order valence-electron chi connectivity index (χ4n) is 3.73. The van der Waals surface area contributed by atoms with Gasteiger partial charge in [0.15, 0.2) is 0 Å². The minimum absolute atomic E-state index is 0.0182. The van der Waals surface area contributed by atoms with Gasteiger partial charge in [-0.2, -0.15) is 0 Å². The average Bonchev–Trinajstić information content (AvgIpc) is 3.06. The first kappa shape index (κ1) is 22.3. The molecular weight excluding hydrogens is 449 g/mol. The van der Waals surface area contributed by atoms with Crippen LogP contribution in [0.4, 0.5) is 14.9 Å². The van der Waals surface area contributed by atoms with Gasteiger partial charge in [-0.15, -0.1) is 0 Å². The van der Waals surface area contributed by atoms with Crippen LogP contribution in [0, 0.1) is 19.7 Å². The summed E-state index contributed by atoms with van der Waals surface area (Å²) in [6.07, 6.45) is 1.44. The van der Waals surface area contributed by atoms with Crippen LogP contribution in [0.2, 0.25) is 5.02 Å². The summed E-state index contributed by atoms with van der Waals surface area (Å²) in [6.45, 7) is 3.64. The van der Waals surface area contributed by atoms with Crippen molar-refractivity contribution in [1.29, 1.82) is 0 Å². The maximum atomic E-state index is 13.6. The molecule has 2 heterocycles. The van der Waals surface area contributed by atoms with E-state index in [0.717, 1.165) is 10.6 Å². The van der Waals surface area contributed by atoms with Crippen molar-refractivity contribution in [2.75, 3.05) is 12.0 Å². The lowest BCUT2D eigenvalue weighted by Crippen LogP contribution is -2.54. The second kappa shape index (κ2) is 8.55. The lowest BCUT2D eigenvalue weighted by molar-refractivity contribution is -0.122. The SMILES string of the molecule is COc1ccc(N2C(=O)NC(=O)/C(=C\c3cc(C)n(-c4ccc(F)c(Cl)c4)c3C)C2=O)cc1. The smallest absolute Gasteiger partial charge is 0.335 e. The minimum atomic E-state index is -0.834. The molecule has 3 aromatic rings. The Hall–Kier alpha value is -3.91. The predicted molar refractivity (Wildman–Crippen MR) is 122 cm³/mol. The highest BCUT2D eigenvalue weighted by Crippen LogP contribution is 2.28. The van der Waals surface area contributed by atoms with E-state index in [1.165, 1.54) is 25.3 Å². The summed E-state index contributed by atoms with van der Waals surface area (Å²) >= 11 is 5.93. The van der Waals surface area contributed by atoms with Gasteiger partial charge in [0.2, 0.25) is 0 Å². The molecule has 0 bridgehead atoms. The van der Waals surface area contributed by atoms with Crippen LogP contribution in [0.25, 0.3) is 11.8 Å². The molecule has 4 amide bonds. The van der Waals surface area contributed by atoms with Crippen LogP contribution < -0.4 is 15.0 Å². The molecule has 9 heteroatoms. The number of aryl methyl sites for hydroxylation is 1. The maximum Gasteiger partial charge on any atom is 0.335 e. The van der Waals surface area contributed by atoms with Gasteiger partial charge >= 0.3 is 6.03 Å². The summed E-state index contributed by atoms with van der Waals surface area (Å²) in [5, 5.41) is 2.19. The summed E-state index contributed by atoms with van der Waals surface area (Å²) < 4.78 is 20.5. The number of benzene rings is 2. The van der Waals surface area contributed by atoms with Gasteiger partial charge in [-0.05, 0) is 74.0 Å². The van der Waals surface area contributed by atoms with Crippen LogP contribution in [0.5, 0.6) is 5.75 Å². The quantitative estimate of drug-likeness (QED) is 0.450. The summed E-state index contributed by atoms with van der Waals surface area (Å²) in [5.74, 6) is -1.50. The molecule has 1 saturated heterocycles. The van der Waals surface area contributed by atoms with Gasteiger partial charge in [-0.25, -0.2) is 14.1 Å². The highest BCUT2D eigenvalue weighted by atomic mass is 35.5. The molecule has 0 spiro atoms. The van der Waals surface area contributed by atoms with E-state index in [4.69, 9.17) is 16.3 Å². The third-order valence-corrected chi connectivity index (χ3v) is 5.65. The number of halogens is 2. The molecule has 7 nitrogen and oxygen atoms in total. The number of nitrogens with zero attached hydrogens (tertiary/aromatic N) is 2. The Bertz CT molecular complexity index is 1330. The van der Waals surface area contributed by atoms with Crippen molar-refractivity contribution in [2.45, 2.75) is 13.8 Å². The van der Waals surface area contributed by atoms with Gasteiger partial charge in [0.25, 0.3) is 11.8 Å². The molecule has 1 fully saturated rings. The van der Waals surface area contributed by atoms with E-state index >= 15 is 0 Å². The number of hydrogen-bond donors (Lipinski definition) is 1. The first-order valence-corrected chi connectivity index (χ1v) is 10.3. The zero-order valence-corrected chi connectivity index (χ0v) is 18.7. The minimum Gasteiger partial charge on any atom is -0.497 e. The van der Waals surface area contributed by atoms with Gasteiger partial charge in [0.05, 0.1) is 17.8 Å². The molecule has 1 aliphatic rings. The Labute approximate surface area is 194 Å². The van der Waals surface area contributed by atoms with Crippen LogP contribution >= 0.6 is 11.6 Å². The van der Waals surface area contributed by atoms with Gasteiger partial charge < -0.3 is 9.30 Å². The van der Waals surface area contributed by atoms with E-state index in [2.05, 4.69) is 5.32 Å². The van der Waals surface area contributed by atoms with Gasteiger partial charge in [-0.1, -0.05) is 11.6 Å². The molecule has 168 valence electrons. The number of aromatic nitrogens is 1. The molecule has 1 N–H and O–H groups in total. The molecule has 0 aliphatic carbocycles. The highest BCUT2D eigenvalue weighted by molar-refractivity contribution is 6.39. The number of nitrogens with one attached hydrogen (secondary N) is 1. The monoisotopic (exact) mass is 467 g/mol. The molecule has 1 aliphatic heterocycles. The van der Waals surface area contributed by atoms with Crippen molar-refractivity contribution in [3.63, 3.8) is 0 Å². The largest absolute Gasteiger partial charge is 0.497 e. The number of anilines is 1. The molecule has 4 rings (SSSR count). The number of carbonyl (C=O) groups excluding carboxylic acids is 3. The van der Waals surface area contributed by atoms with Crippen LogP contribution in [-0.2, 0) is 9.59 Å². The van der Waals surface area contributed by atoms with E-state index in [0.29, 0.717) is 28.4 Å². The highest BCUT2D eigenvalue weighted by Gasteiger charge is 2.37. The summed E-state index contributed by atoms with van der Waals surface area (Å²) in [5.41, 5.74) is 2.82. The van der Waals surface area contributed by atoms with Crippen molar-refractivity contribution >= 4 is 41.2 Å². The van der Waals surface area contributed by atoms with Gasteiger partial charge in [-0.3, -0.25) is 14.9 Å². The molecule has 0 saturated carbocycles. The van der Waals surface area contributed by atoms with Crippen LogP contribution in [-0.4, -0.2) is 29.5 Å². The number of imide groups is 2. The van der Waals surface area contributed by atoms with E-state index < -0.39 is 23.7 Å². The Morgan fingerprint density at radius 3 is 2.30 bits per heavy atom. The van der Waals surface area contributed by atoms with E-state index in [9.17, 15) is 18.8 Å². The normalized spacial score (nSPS) is 15.2. The van der Waals surface area contributed by atoms with Crippen molar-refractivity contribution in [3.8, 4) is 11.4 Å². The van der Waals surface area contributed by atoms with Crippen molar-refractivity contribution in [3.05, 3.63) is 81.9 Å². The van der Waals surface area contributed by atoms with Crippen molar-refractivity contribution < 1.29 is 23.5 Å². The Balaban J connectivity index is 1.74. The molecular formula is C24H19ClFN3O4. The van der Waals surface area contributed by atoms with Gasteiger partial charge in [0.1, 0.15) is 17.1 Å². The fraction of sp³-hybridized carbons (Fsp3) is 0.125. The maximum absolute atomic E-state index is 13.6. The van der Waals surface area contributed by atoms with Crippen LogP contribution in [0.15, 0.2) is 54.1 Å². The standard InChI is InChI=1S/C24H19ClFN3O4/c1-13-10-15(14(2)28(13)17-6-9-21(26)20(25)12-17)11-19-22(30)27-24(32)29(23(19)31)16-4-7-18(33-3)8-5-16/h4-12H,1-3H3,(H,27,30,32)/b19-11+. The third-order valence-electron chi connectivity index (χ3n) is 5.36. The lowest BCUT2D eigenvalue weighted by Gasteiger charge is -2.26. The first-order valence-electron chi connectivity index (χ1n) is 9.91. The molecule has 1 aromatic heterocycles. The van der Waals surface area contributed by atoms with E-state index in [1.807, 2.05) is 11.5 Å². The van der Waals surface area contributed by atoms with E-state index in [-0.39, 0.29) is 10.6 Å². The Morgan fingerprint density at radius 1 is 1.00 bits per heavy atom. The summed E-state index contributed by atoms with van der Waals surface area (Å²) in [6, 6.07) is 11.6. The molecule has 0 radical (unpaired) electrons. The average molecular weight is 468 g/mol. The van der Waals surface area contributed by atoms with Crippen molar-refractivity contribution in [2.24, 2.45) is 0 Å². The first-order chi connectivity index (χ1) is 15.7. The van der Waals surface area contributed by atoms with Crippen LogP contribution in [0.1, 0.15) is 17.0 Å². The Morgan fingerprint density at radius 2 is 1.67 bits per heavy atom. The fourth-order valence-corrected chi connectivity index (χ4v) is 3.91. The topological polar surface area (TPSA) is 80.6 Å². The second-order valence-corrected chi connectivity index (χ2v) is 7.82. The number of urea groups is 1. The van der Waals surface area contributed by atoms with Gasteiger partial charge in [0, 0.05) is 17.1 Å². The number of carbonyl (C=O) groups is 3. The number of methoxy groups -OCH3 is 1. The molecule has 2 aromatic carbocycles. The number of ether oxygens (including phenoxy) is 1. The number of rotatable bonds is 4. The molecule has 33 heavy (non-hydrogen) atoms. The molecule has 0 atom stereocenters. The van der Waals surface area contributed by atoms with Crippen LogP contribution in [0.3, 0.4) is 0 Å². The number of amides is 4. The molecule has 0 unspecified atom stereocenters. The predicted octanol–water partition coefficient (Wildman–Crippen LogP) is 4.56. The zero-order chi connectivity index (χ0) is 23.9. The third kappa shape index (κ3) is 4.01. The second-order valence-electron chi connectivity index (χ2n) is 7.42. The number of hydrogen-bond acceptors (Lipinski definition) is 4. The summed E-state index contributed by atoms with van der Waals surface area (Å²) in [7, 11) is 1.50. The Kier molecular flexibility index (Phi) is 5.78. The number of barbiturate groups is 1. The van der Waals surface area contributed by atoms with Crippen molar-refractivity contribution in [1.82, 2.24) is 9.88 Å². The zero-order valence-electron chi connectivity index (χ0n) is 18.0. The summed E-state index contributed by atoms with van der Waals surface area (Å²) in [4.78, 5) is 39.0.